The van der Waals surface area contributed by atoms with E-state index in [1.54, 1.807) is 0 Å². The third-order valence-corrected chi connectivity index (χ3v) is 17.2. The van der Waals surface area contributed by atoms with E-state index in [0.717, 1.165) is 78.2 Å². The highest BCUT2D eigenvalue weighted by molar-refractivity contribution is 6.29. The second-order valence-electron chi connectivity index (χ2n) is 21.7. The molecule has 17 rings (SSSR count). The van der Waals surface area contributed by atoms with Gasteiger partial charge >= 0.3 is 0 Å². The molecule has 0 N–H and O–H groups in total. The molecule has 0 aliphatic carbocycles. The molecule has 0 bridgehead atoms. The molecule has 4 heterocycles. The summed E-state index contributed by atoms with van der Waals surface area (Å²) in [5.41, 5.74) is 15.5. The van der Waals surface area contributed by atoms with E-state index in [4.69, 9.17) is 4.74 Å². The first-order valence-electron chi connectivity index (χ1n) is 27.0. The van der Waals surface area contributed by atoms with Gasteiger partial charge in [0.05, 0.1) is 44.8 Å². The lowest BCUT2D eigenvalue weighted by Gasteiger charge is -2.42. The average molecular weight is 997 g/mol. The Morgan fingerprint density at radius 1 is 0.269 bits per heavy atom. The van der Waals surface area contributed by atoms with Crippen LogP contribution in [0.15, 0.2) is 255 Å². The predicted molar refractivity (Wildman–Crippen MR) is 327 cm³/mol. The van der Waals surface area contributed by atoms with Crippen LogP contribution in [0.25, 0.3) is 98.1 Å². The number of fused-ring (bicyclic) bond motifs is 17. The third kappa shape index (κ3) is 6.01. The minimum absolute atomic E-state index is 0.255. The zero-order valence-electron chi connectivity index (χ0n) is 42.9. The van der Waals surface area contributed by atoms with Crippen molar-refractivity contribution in [1.29, 1.82) is 0 Å². The summed E-state index contributed by atoms with van der Waals surface area (Å²) in [4.78, 5) is 4.89. The molecule has 0 atom stereocenters. The Bertz CT molecular complexity index is 5010. The smallest absolute Gasteiger partial charge is 0.152 e. The summed E-state index contributed by atoms with van der Waals surface area (Å²) in [6.45, 7) is 4.74. The van der Waals surface area contributed by atoms with Crippen molar-refractivity contribution in [3.05, 3.63) is 266 Å². The molecule has 0 unspecified atom stereocenters. The maximum atomic E-state index is 7.27. The van der Waals surface area contributed by atoms with Crippen molar-refractivity contribution in [2.45, 2.75) is 19.3 Å². The van der Waals surface area contributed by atoms with Gasteiger partial charge in [-0.25, -0.2) is 0 Å². The Balaban J connectivity index is 0.973. The highest BCUT2D eigenvalue weighted by Crippen LogP contribution is 2.56. The average Bonchev–Trinajstić information content (AvgIpc) is 4.18. The summed E-state index contributed by atoms with van der Waals surface area (Å²) in [6, 6.07) is 94.0. The standard InChI is InChI=1S/C73H48N4O/c1-73(2)61-31-14-17-34-65(61)74(47-21-4-3-5-22-47)68-40-50(35-36-62(68)73)76-66-42-58-54-28-11-9-26-52(54)51-25-8-10-27-53(51)57(58)41-59(66)60-43-72-70(44-67(60)76)77(69-37-45-19-6-7-20-46(45)38-71(69)78-72)49-24-18-23-48(39-49)75-63-32-15-12-29-55(63)56-30-13-16-33-64(56)75/h3-44H,1-2H3. The summed E-state index contributed by atoms with van der Waals surface area (Å²) in [6.07, 6.45) is 0. The van der Waals surface area contributed by atoms with Crippen LogP contribution in [-0.2, 0) is 5.41 Å². The van der Waals surface area contributed by atoms with Crippen molar-refractivity contribution < 1.29 is 4.74 Å². The molecule has 15 aromatic rings. The largest absolute Gasteiger partial charge is 0.453 e. The highest BCUT2D eigenvalue weighted by atomic mass is 16.5. The van der Waals surface area contributed by atoms with Crippen LogP contribution in [0.1, 0.15) is 25.0 Å². The van der Waals surface area contributed by atoms with Crippen molar-refractivity contribution in [3.8, 4) is 22.9 Å². The number of nitrogens with zero attached hydrogens (tertiary/aromatic N) is 4. The minimum Gasteiger partial charge on any atom is -0.453 e. The fourth-order valence-electron chi connectivity index (χ4n) is 13.6. The lowest BCUT2D eigenvalue weighted by atomic mass is 9.73. The van der Waals surface area contributed by atoms with Crippen LogP contribution in [0.2, 0.25) is 0 Å². The number of ether oxygens (including phenoxy) is 1. The zero-order chi connectivity index (χ0) is 51.4. The van der Waals surface area contributed by atoms with Crippen molar-refractivity contribution in [2.24, 2.45) is 0 Å². The Morgan fingerprint density at radius 2 is 0.756 bits per heavy atom. The first kappa shape index (κ1) is 43.2. The van der Waals surface area contributed by atoms with Gasteiger partial charge in [-0.15, -0.1) is 0 Å². The Morgan fingerprint density at radius 3 is 1.49 bits per heavy atom. The highest BCUT2D eigenvalue weighted by Gasteiger charge is 2.38. The second kappa shape index (κ2) is 16.0. The van der Waals surface area contributed by atoms with E-state index >= 15 is 0 Å². The molecule has 366 valence electrons. The van der Waals surface area contributed by atoms with E-state index in [2.05, 4.69) is 288 Å². The molecule has 5 heteroatoms. The van der Waals surface area contributed by atoms with E-state index in [9.17, 15) is 0 Å². The maximum Gasteiger partial charge on any atom is 0.152 e. The fourth-order valence-corrected chi connectivity index (χ4v) is 13.6. The summed E-state index contributed by atoms with van der Waals surface area (Å²) < 4.78 is 12.2. The van der Waals surface area contributed by atoms with Gasteiger partial charge < -0.3 is 23.7 Å². The van der Waals surface area contributed by atoms with E-state index in [-0.39, 0.29) is 5.41 Å². The minimum atomic E-state index is -0.255. The molecule has 0 spiro atoms. The first-order chi connectivity index (χ1) is 38.4. The van der Waals surface area contributed by atoms with Crippen molar-refractivity contribution in [1.82, 2.24) is 9.13 Å². The first-order valence-corrected chi connectivity index (χ1v) is 27.0. The van der Waals surface area contributed by atoms with Crippen LogP contribution in [0.3, 0.4) is 0 Å². The Kier molecular flexibility index (Phi) is 8.84. The number of benzene rings is 13. The van der Waals surface area contributed by atoms with E-state index in [1.807, 2.05) is 0 Å². The van der Waals surface area contributed by atoms with Crippen LogP contribution < -0.4 is 14.5 Å². The van der Waals surface area contributed by atoms with E-state index in [1.165, 1.54) is 76.6 Å². The summed E-state index contributed by atoms with van der Waals surface area (Å²) >= 11 is 0. The van der Waals surface area contributed by atoms with Gasteiger partial charge in [-0.2, -0.15) is 0 Å². The number of hydrogen-bond donors (Lipinski definition) is 0. The van der Waals surface area contributed by atoms with E-state index < -0.39 is 0 Å². The number of aromatic nitrogens is 2. The molecule has 13 aromatic carbocycles. The maximum absolute atomic E-state index is 7.27. The monoisotopic (exact) mass is 996 g/mol. The number of hydrogen-bond acceptors (Lipinski definition) is 3. The summed E-state index contributed by atoms with van der Waals surface area (Å²) in [7, 11) is 0. The summed E-state index contributed by atoms with van der Waals surface area (Å²) in [5.74, 6) is 1.61. The van der Waals surface area contributed by atoms with Crippen LogP contribution in [-0.4, -0.2) is 9.13 Å². The molecule has 0 saturated heterocycles. The normalized spacial score (nSPS) is 13.7. The van der Waals surface area contributed by atoms with Crippen molar-refractivity contribution >= 4 is 121 Å². The molecule has 0 fully saturated rings. The Hall–Kier alpha value is -10.1. The number of anilines is 6. The van der Waals surface area contributed by atoms with Crippen molar-refractivity contribution in [3.63, 3.8) is 0 Å². The van der Waals surface area contributed by atoms with Gasteiger partial charge in [0.15, 0.2) is 11.5 Å². The van der Waals surface area contributed by atoms with Crippen LogP contribution >= 0.6 is 0 Å². The predicted octanol–water partition coefficient (Wildman–Crippen LogP) is 20.2. The fraction of sp³-hybridized carbons (Fsp3) is 0.0411. The van der Waals surface area contributed by atoms with Gasteiger partial charge in [-0.1, -0.05) is 172 Å². The summed E-state index contributed by atoms with van der Waals surface area (Å²) in [5, 5.41) is 14.5. The molecule has 2 aliphatic heterocycles. The van der Waals surface area contributed by atoms with Crippen LogP contribution in [0, 0.1) is 0 Å². The second-order valence-corrected chi connectivity index (χ2v) is 21.7. The van der Waals surface area contributed by atoms with Gasteiger partial charge in [0.2, 0.25) is 0 Å². The lowest BCUT2D eigenvalue weighted by molar-refractivity contribution is 0.478. The quantitative estimate of drug-likeness (QED) is 0.164. The topological polar surface area (TPSA) is 25.6 Å². The molecule has 78 heavy (non-hydrogen) atoms. The lowest BCUT2D eigenvalue weighted by Crippen LogP contribution is -2.30. The Labute approximate surface area is 450 Å². The SMILES string of the molecule is CC1(C)c2ccccc2N(c2ccccc2)c2cc(-n3c4cc5c(cc4c4cc6c7ccccc7c7ccccc7c6cc43)Oc3cc4ccccc4cc3N5c3cccc(-n4c5ccccc5c5ccccc54)c3)ccc21. The van der Waals surface area contributed by atoms with Gasteiger partial charge in [-0.3, -0.25) is 0 Å². The molecule has 0 saturated carbocycles. The molecule has 2 aromatic heterocycles. The van der Waals surface area contributed by atoms with Gasteiger partial charge in [0, 0.05) is 49.7 Å². The number of rotatable bonds is 4. The van der Waals surface area contributed by atoms with Crippen LogP contribution in [0.5, 0.6) is 11.5 Å². The van der Waals surface area contributed by atoms with Crippen LogP contribution in [0.4, 0.5) is 34.1 Å². The number of para-hydroxylation sites is 4. The van der Waals surface area contributed by atoms with Gasteiger partial charge in [0.25, 0.3) is 0 Å². The third-order valence-electron chi connectivity index (χ3n) is 17.2. The molecule has 0 amide bonds. The molecule has 0 radical (unpaired) electrons. The molecular formula is C73H48N4O. The molecular weight excluding hydrogens is 949 g/mol. The molecule has 2 aliphatic rings. The van der Waals surface area contributed by atoms with Gasteiger partial charge in [0.1, 0.15) is 0 Å². The van der Waals surface area contributed by atoms with Crippen molar-refractivity contribution in [2.75, 3.05) is 9.80 Å². The molecule has 5 nitrogen and oxygen atoms in total. The zero-order valence-corrected chi connectivity index (χ0v) is 42.9. The van der Waals surface area contributed by atoms with E-state index in [0.29, 0.717) is 0 Å². The van der Waals surface area contributed by atoms with Gasteiger partial charge in [-0.05, 0) is 151 Å².